The first-order valence-electron chi connectivity index (χ1n) is 9.65. The largest absolute Gasteiger partial charge is 0.489 e. The number of anilines is 1. The molecule has 1 saturated heterocycles. The van der Waals surface area contributed by atoms with Crippen molar-refractivity contribution in [2.75, 3.05) is 25.0 Å². The molecule has 2 aromatic rings. The molecule has 0 spiro atoms. The van der Waals surface area contributed by atoms with Crippen LogP contribution in [0.4, 0.5) is 10.5 Å². The molecular formula is C22H26N2O4. The van der Waals surface area contributed by atoms with Crippen molar-refractivity contribution in [1.82, 2.24) is 4.90 Å². The smallest absolute Gasteiger partial charge is 0.321 e. The van der Waals surface area contributed by atoms with E-state index in [1.54, 1.807) is 11.8 Å². The van der Waals surface area contributed by atoms with E-state index in [2.05, 4.69) is 5.32 Å². The minimum absolute atomic E-state index is 0.202. The van der Waals surface area contributed by atoms with Crippen LogP contribution in [0.3, 0.4) is 0 Å². The van der Waals surface area contributed by atoms with E-state index in [9.17, 15) is 9.59 Å². The number of esters is 1. The fraction of sp³-hybridized carbons (Fsp3) is 0.364. The van der Waals surface area contributed by atoms with Gasteiger partial charge in [0.15, 0.2) is 0 Å². The first kappa shape index (κ1) is 19.7. The second-order valence-corrected chi connectivity index (χ2v) is 6.77. The Labute approximate surface area is 165 Å². The van der Waals surface area contributed by atoms with Gasteiger partial charge >= 0.3 is 12.0 Å². The summed E-state index contributed by atoms with van der Waals surface area (Å²) in [7, 11) is 0. The van der Waals surface area contributed by atoms with Gasteiger partial charge in [-0.25, -0.2) is 4.79 Å². The molecule has 6 heteroatoms. The lowest BCUT2D eigenvalue weighted by Gasteiger charge is -2.31. The van der Waals surface area contributed by atoms with Gasteiger partial charge in [0.2, 0.25) is 0 Å². The Morgan fingerprint density at radius 3 is 2.57 bits per heavy atom. The molecule has 148 valence electrons. The highest BCUT2D eigenvalue weighted by Gasteiger charge is 2.29. The van der Waals surface area contributed by atoms with Crippen molar-refractivity contribution in [3.63, 3.8) is 0 Å². The number of carbonyl (C=O) groups excluding carboxylic acids is 2. The number of rotatable bonds is 6. The average molecular weight is 382 g/mol. The molecule has 2 amide bonds. The monoisotopic (exact) mass is 382 g/mol. The number of hydrogen-bond acceptors (Lipinski definition) is 4. The summed E-state index contributed by atoms with van der Waals surface area (Å²) in [5, 5.41) is 2.88. The summed E-state index contributed by atoms with van der Waals surface area (Å²) < 4.78 is 10.8. The van der Waals surface area contributed by atoms with Crippen LogP contribution in [0.25, 0.3) is 0 Å². The molecule has 1 N–H and O–H groups in total. The molecule has 1 fully saturated rings. The first-order chi connectivity index (χ1) is 13.7. The summed E-state index contributed by atoms with van der Waals surface area (Å²) in [5.74, 6) is 0.273. The predicted octanol–water partition coefficient (Wildman–Crippen LogP) is 4.07. The maximum atomic E-state index is 12.5. The Morgan fingerprint density at radius 2 is 1.86 bits per heavy atom. The standard InChI is InChI=1S/C22H26N2O4/c1-2-27-21(25)18-9-6-14-24(15-18)22(26)23-19-10-12-20(13-11-19)28-16-17-7-4-3-5-8-17/h3-5,7-8,10-13,18H,2,6,9,14-16H2,1H3,(H,23,26). The van der Waals surface area contributed by atoms with Crippen LogP contribution in [0, 0.1) is 5.92 Å². The van der Waals surface area contributed by atoms with Crippen molar-refractivity contribution in [2.24, 2.45) is 5.92 Å². The number of urea groups is 1. The van der Waals surface area contributed by atoms with Gasteiger partial charge in [0.05, 0.1) is 12.5 Å². The predicted molar refractivity (Wildman–Crippen MR) is 107 cm³/mol. The van der Waals surface area contributed by atoms with Gasteiger partial charge in [-0.1, -0.05) is 30.3 Å². The summed E-state index contributed by atoms with van der Waals surface area (Å²) >= 11 is 0. The summed E-state index contributed by atoms with van der Waals surface area (Å²) in [4.78, 5) is 26.1. The molecule has 0 bridgehead atoms. The maximum absolute atomic E-state index is 12.5. The number of nitrogens with zero attached hydrogens (tertiary/aromatic N) is 1. The topological polar surface area (TPSA) is 67.9 Å². The quantitative estimate of drug-likeness (QED) is 0.765. The SMILES string of the molecule is CCOC(=O)C1CCCN(C(=O)Nc2ccc(OCc3ccccc3)cc2)C1. The van der Waals surface area contributed by atoms with Crippen LogP contribution in [0.5, 0.6) is 5.75 Å². The molecule has 28 heavy (non-hydrogen) atoms. The number of amides is 2. The molecule has 1 aliphatic rings. The van der Waals surface area contributed by atoms with Crippen molar-refractivity contribution < 1.29 is 19.1 Å². The molecule has 6 nitrogen and oxygen atoms in total. The van der Waals surface area contributed by atoms with Gasteiger partial charge in [0, 0.05) is 18.8 Å². The van der Waals surface area contributed by atoms with Crippen molar-refractivity contribution >= 4 is 17.7 Å². The lowest BCUT2D eigenvalue weighted by atomic mass is 9.98. The summed E-state index contributed by atoms with van der Waals surface area (Å²) in [6, 6.07) is 17.0. The Balaban J connectivity index is 1.50. The number of likely N-dealkylation sites (tertiary alicyclic amines) is 1. The average Bonchev–Trinajstić information content (AvgIpc) is 2.74. The number of benzene rings is 2. The van der Waals surface area contributed by atoms with Gasteiger partial charge in [-0.05, 0) is 49.6 Å². The fourth-order valence-corrected chi connectivity index (χ4v) is 3.19. The van der Waals surface area contributed by atoms with Crippen LogP contribution in [-0.4, -0.2) is 36.6 Å². The van der Waals surface area contributed by atoms with E-state index in [0.29, 0.717) is 32.0 Å². The number of hydrogen-bond donors (Lipinski definition) is 1. The Kier molecular flexibility index (Phi) is 6.89. The lowest BCUT2D eigenvalue weighted by molar-refractivity contribution is -0.149. The van der Waals surface area contributed by atoms with Crippen molar-refractivity contribution in [1.29, 1.82) is 0 Å². The maximum Gasteiger partial charge on any atom is 0.321 e. The second kappa shape index (κ2) is 9.78. The van der Waals surface area contributed by atoms with Crippen molar-refractivity contribution in [3.05, 3.63) is 60.2 Å². The van der Waals surface area contributed by atoms with Crippen LogP contribution in [0.15, 0.2) is 54.6 Å². The highest BCUT2D eigenvalue weighted by Crippen LogP contribution is 2.21. The van der Waals surface area contributed by atoms with Crippen LogP contribution in [0.1, 0.15) is 25.3 Å². The first-order valence-corrected chi connectivity index (χ1v) is 9.65. The summed E-state index contributed by atoms with van der Waals surface area (Å²) in [6.07, 6.45) is 1.55. The van der Waals surface area contributed by atoms with E-state index in [1.807, 2.05) is 54.6 Å². The molecule has 1 heterocycles. The van der Waals surface area contributed by atoms with Gasteiger partial charge in [-0.3, -0.25) is 4.79 Å². The number of piperidine rings is 1. The highest BCUT2D eigenvalue weighted by atomic mass is 16.5. The zero-order valence-corrected chi connectivity index (χ0v) is 16.1. The van der Waals surface area contributed by atoms with E-state index in [-0.39, 0.29) is 17.9 Å². The normalized spacial score (nSPS) is 16.3. The van der Waals surface area contributed by atoms with Crippen molar-refractivity contribution in [3.8, 4) is 5.75 Å². The third-order valence-corrected chi connectivity index (χ3v) is 4.68. The third-order valence-electron chi connectivity index (χ3n) is 4.68. The van der Waals surface area contributed by atoms with Crippen LogP contribution >= 0.6 is 0 Å². The Hall–Kier alpha value is -3.02. The molecular weight excluding hydrogens is 356 g/mol. The lowest BCUT2D eigenvalue weighted by Crippen LogP contribution is -2.44. The van der Waals surface area contributed by atoms with Crippen LogP contribution in [-0.2, 0) is 16.1 Å². The second-order valence-electron chi connectivity index (χ2n) is 6.77. The van der Waals surface area contributed by atoms with Gasteiger partial charge in [0.25, 0.3) is 0 Å². The fourth-order valence-electron chi connectivity index (χ4n) is 3.19. The number of carbonyl (C=O) groups is 2. The zero-order valence-electron chi connectivity index (χ0n) is 16.1. The van der Waals surface area contributed by atoms with Gasteiger partial charge in [-0.15, -0.1) is 0 Å². The number of ether oxygens (including phenoxy) is 2. The van der Waals surface area contributed by atoms with E-state index < -0.39 is 0 Å². The van der Waals surface area contributed by atoms with Gasteiger partial charge in [-0.2, -0.15) is 0 Å². The molecule has 1 unspecified atom stereocenters. The molecule has 0 saturated carbocycles. The minimum Gasteiger partial charge on any atom is -0.489 e. The molecule has 1 aliphatic heterocycles. The Morgan fingerprint density at radius 1 is 1.11 bits per heavy atom. The highest BCUT2D eigenvalue weighted by molar-refractivity contribution is 5.89. The van der Waals surface area contributed by atoms with E-state index in [4.69, 9.17) is 9.47 Å². The minimum atomic E-state index is -0.242. The Bertz CT molecular complexity index is 777. The van der Waals surface area contributed by atoms with Crippen molar-refractivity contribution in [2.45, 2.75) is 26.4 Å². The van der Waals surface area contributed by atoms with Crippen LogP contribution in [0.2, 0.25) is 0 Å². The van der Waals surface area contributed by atoms with Crippen LogP contribution < -0.4 is 10.1 Å². The number of nitrogens with one attached hydrogen (secondary N) is 1. The molecule has 2 aromatic carbocycles. The zero-order chi connectivity index (χ0) is 19.8. The van der Waals surface area contributed by atoms with E-state index in [1.165, 1.54) is 0 Å². The van der Waals surface area contributed by atoms with E-state index in [0.717, 1.165) is 24.2 Å². The van der Waals surface area contributed by atoms with Gasteiger partial charge in [0.1, 0.15) is 12.4 Å². The molecule has 0 radical (unpaired) electrons. The molecule has 0 aliphatic carbocycles. The molecule has 1 atom stereocenters. The third kappa shape index (κ3) is 5.49. The van der Waals surface area contributed by atoms with Gasteiger partial charge < -0.3 is 19.7 Å². The summed E-state index contributed by atoms with van der Waals surface area (Å²) in [5.41, 5.74) is 1.79. The molecule has 0 aromatic heterocycles. The summed E-state index contributed by atoms with van der Waals surface area (Å²) in [6.45, 7) is 3.68. The van der Waals surface area contributed by atoms with E-state index >= 15 is 0 Å². The molecule has 3 rings (SSSR count).